The molecule has 0 N–H and O–H groups in total. The first-order chi connectivity index (χ1) is 7.97. The van der Waals surface area contributed by atoms with Gasteiger partial charge in [0.25, 0.3) is 0 Å². The Morgan fingerprint density at radius 3 is 2.33 bits per heavy atom. The molecule has 3 heteroatoms. The van der Waals surface area contributed by atoms with Crippen LogP contribution in [-0.4, -0.2) is 7.11 Å². The van der Waals surface area contributed by atoms with Gasteiger partial charge in [-0.3, -0.25) is 0 Å². The van der Waals surface area contributed by atoms with E-state index < -0.39 is 0 Å². The Bertz CT molecular complexity index is 417. The van der Waals surface area contributed by atoms with Gasteiger partial charge < -0.3 is 9.47 Å². The van der Waals surface area contributed by atoms with E-state index in [0.717, 1.165) is 17.1 Å². The van der Waals surface area contributed by atoms with Crippen molar-refractivity contribution in [3.05, 3.63) is 48.8 Å². The van der Waals surface area contributed by atoms with Crippen LogP contribution in [0.2, 0.25) is 0 Å². The van der Waals surface area contributed by atoms with Crippen LogP contribution in [0, 0.1) is 5.41 Å². The number of allylic oxidation sites excluding steroid dienone is 2. The smallest absolute Gasteiger partial charge is 0.130 e. The molecule has 0 unspecified atom stereocenters. The Kier molecular flexibility index (Phi) is 7.04. The molecule has 0 aromatic heterocycles. The van der Waals surface area contributed by atoms with E-state index in [9.17, 15) is 0 Å². The first-order valence-corrected chi connectivity index (χ1v) is 5.61. The van der Waals surface area contributed by atoms with Crippen LogP contribution in [0.3, 0.4) is 0 Å². The summed E-state index contributed by atoms with van der Waals surface area (Å²) in [5.74, 6) is 1.54. The van der Waals surface area contributed by atoms with E-state index >= 15 is 0 Å². The summed E-state index contributed by atoms with van der Waals surface area (Å²) in [5, 5.41) is 0. The molecular formula is C15H20O2Ti. The molecule has 0 atom stereocenters. The number of hydrogen-bond donors (Lipinski definition) is 0. The molecule has 1 rings (SSSR count). The number of benzene rings is 1. The van der Waals surface area contributed by atoms with E-state index in [2.05, 4.69) is 27.4 Å². The molecule has 0 fully saturated rings. The molecule has 0 aliphatic carbocycles. The van der Waals surface area contributed by atoms with Crippen LogP contribution in [-0.2, 0) is 21.7 Å². The van der Waals surface area contributed by atoms with Crippen molar-refractivity contribution >= 4 is 0 Å². The molecule has 2 nitrogen and oxygen atoms in total. The Labute approximate surface area is 125 Å². The average molecular weight is 280 g/mol. The molecule has 18 heavy (non-hydrogen) atoms. The van der Waals surface area contributed by atoms with Gasteiger partial charge >= 0.3 is 0 Å². The van der Waals surface area contributed by atoms with Gasteiger partial charge in [0.2, 0.25) is 0 Å². The standard InChI is InChI=1S/C15H20O2.Ti/c1-6-12(15(2,3)4)11-17-14-9-7-8-13(10-14)16-5;/h6-11H,1H2,2-5H3;. The maximum Gasteiger partial charge on any atom is 0.130 e. The summed E-state index contributed by atoms with van der Waals surface area (Å²) in [5.41, 5.74) is 1.08. The predicted octanol–water partition coefficient (Wildman–Crippen LogP) is 4.19. The second-order valence-corrected chi connectivity index (χ2v) is 4.82. The summed E-state index contributed by atoms with van der Waals surface area (Å²) in [7, 11) is 1.64. The zero-order valence-electron chi connectivity index (χ0n) is 11.5. The minimum atomic E-state index is 0. The summed E-state index contributed by atoms with van der Waals surface area (Å²) in [6, 6.07) is 7.52. The van der Waals surface area contributed by atoms with Crippen LogP contribution in [0.1, 0.15) is 20.8 Å². The van der Waals surface area contributed by atoms with Crippen LogP contribution >= 0.6 is 0 Å². The van der Waals surface area contributed by atoms with Gasteiger partial charge in [-0.25, -0.2) is 0 Å². The first-order valence-electron chi connectivity index (χ1n) is 5.61. The zero-order valence-corrected chi connectivity index (χ0v) is 13.0. The summed E-state index contributed by atoms with van der Waals surface area (Å²) in [6.07, 6.45) is 3.56. The number of methoxy groups -OCH3 is 1. The monoisotopic (exact) mass is 280 g/mol. The van der Waals surface area contributed by atoms with Gasteiger partial charge in [-0.2, -0.15) is 0 Å². The van der Waals surface area contributed by atoms with Gasteiger partial charge in [0.15, 0.2) is 0 Å². The SMILES string of the molecule is C=CC(=COc1cccc(OC)c1)C(C)(C)C.[Ti]. The van der Waals surface area contributed by atoms with E-state index in [0.29, 0.717) is 0 Å². The number of rotatable bonds is 4. The third-order valence-electron chi connectivity index (χ3n) is 2.45. The molecule has 0 saturated heterocycles. The van der Waals surface area contributed by atoms with Crippen molar-refractivity contribution in [2.45, 2.75) is 20.8 Å². The summed E-state index contributed by atoms with van der Waals surface area (Å²) in [4.78, 5) is 0. The second kappa shape index (κ2) is 7.45. The molecule has 0 bridgehead atoms. The first kappa shape index (κ1) is 17.0. The van der Waals surface area contributed by atoms with Crippen molar-refractivity contribution in [1.82, 2.24) is 0 Å². The van der Waals surface area contributed by atoms with E-state index in [-0.39, 0.29) is 27.1 Å². The molecule has 0 amide bonds. The molecule has 96 valence electrons. The Balaban J connectivity index is 0.00000289. The van der Waals surface area contributed by atoms with Crippen molar-refractivity contribution in [3.8, 4) is 11.5 Å². The predicted molar refractivity (Wildman–Crippen MR) is 71.4 cm³/mol. The minimum absolute atomic E-state index is 0. The van der Waals surface area contributed by atoms with Crippen molar-refractivity contribution in [3.63, 3.8) is 0 Å². The van der Waals surface area contributed by atoms with Gasteiger partial charge in [0.05, 0.1) is 13.4 Å². The van der Waals surface area contributed by atoms with Crippen molar-refractivity contribution < 1.29 is 31.2 Å². The van der Waals surface area contributed by atoms with Crippen molar-refractivity contribution in [1.29, 1.82) is 0 Å². The fourth-order valence-corrected chi connectivity index (χ4v) is 1.34. The quantitative estimate of drug-likeness (QED) is 0.468. The van der Waals surface area contributed by atoms with Gasteiger partial charge in [-0.1, -0.05) is 39.5 Å². The van der Waals surface area contributed by atoms with Crippen LogP contribution < -0.4 is 9.47 Å². The Morgan fingerprint density at radius 1 is 1.22 bits per heavy atom. The van der Waals surface area contributed by atoms with Crippen molar-refractivity contribution in [2.75, 3.05) is 7.11 Å². The Hall–Kier alpha value is -0.986. The van der Waals surface area contributed by atoms with E-state index in [1.165, 1.54) is 0 Å². The average Bonchev–Trinajstić information content (AvgIpc) is 2.28. The van der Waals surface area contributed by atoms with E-state index in [1.807, 2.05) is 30.3 Å². The van der Waals surface area contributed by atoms with Gasteiger partial charge in [0.1, 0.15) is 11.5 Å². The molecule has 0 radical (unpaired) electrons. The third-order valence-corrected chi connectivity index (χ3v) is 2.45. The maximum atomic E-state index is 5.61. The summed E-state index contributed by atoms with van der Waals surface area (Å²) in [6.45, 7) is 10.2. The zero-order chi connectivity index (χ0) is 12.9. The topological polar surface area (TPSA) is 18.5 Å². The number of hydrogen-bond acceptors (Lipinski definition) is 2. The molecule has 0 heterocycles. The minimum Gasteiger partial charge on any atom is -0.497 e. The third kappa shape index (κ3) is 5.11. The molecular weight excluding hydrogens is 260 g/mol. The van der Waals surface area contributed by atoms with Crippen LogP contribution in [0.15, 0.2) is 48.8 Å². The van der Waals surface area contributed by atoms with Crippen LogP contribution in [0.4, 0.5) is 0 Å². The number of ether oxygens (including phenoxy) is 2. The van der Waals surface area contributed by atoms with Crippen molar-refractivity contribution in [2.24, 2.45) is 5.41 Å². The molecule has 0 spiro atoms. The molecule has 1 aromatic rings. The largest absolute Gasteiger partial charge is 0.497 e. The Morgan fingerprint density at radius 2 is 1.83 bits per heavy atom. The molecule has 1 aromatic carbocycles. The molecule has 0 saturated carbocycles. The van der Waals surface area contributed by atoms with Gasteiger partial charge in [-0.05, 0) is 23.1 Å². The fourth-order valence-electron chi connectivity index (χ4n) is 1.34. The van der Waals surface area contributed by atoms with Gasteiger partial charge in [0, 0.05) is 27.8 Å². The van der Waals surface area contributed by atoms with Crippen LogP contribution in [0.5, 0.6) is 11.5 Å². The summed E-state index contributed by atoms with van der Waals surface area (Å²) >= 11 is 0. The second-order valence-electron chi connectivity index (χ2n) is 4.82. The normalized spacial score (nSPS) is 11.4. The van der Waals surface area contributed by atoms with E-state index in [1.54, 1.807) is 13.4 Å². The maximum absolute atomic E-state index is 5.61. The molecule has 0 aliphatic rings. The summed E-state index contributed by atoms with van der Waals surface area (Å²) < 4.78 is 10.7. The van der Waals surface area contributed by atoms with Gasteiger partial charge in [-0.15, -0.1) is 0 Å². The molecule has 0 aliphatic heterocycles. The van der Waals surface area contributed by atoms with Crippen LogP contribution in [0.25, 0.3) is 0 Å². The van der Waals surface area contributed by atoms with E-state index in [4.69, 9.17) is 9.47 Å². The fraction of sp³-hybridized carbons (Fsp3) is 0.333.